The van der Waals surface area contributed by atoms with E-state index >= 15 is 0 Å². The zero-order valence-corrected chi connectivity index (χ0v) is 15.3. The van der Waals surface area contributed by atoms with E-state index in [1.807, 2.05) is 4.90 Å². The second kappa shape index (κ2) is 8.01. The smallest absolute Gasteiger partial charge is 0.337 e. The molecule has 1 saturated heterocycles. The van der Waals surface area contributed by atoms with Gasteiger partial charge in [0.05, 0.1) is 11.3 Å². The molecule has 0 aliphatic carbocycles. The predicted molar refractivity (Wildman–Crippen MR) is 98.6 cm³/mol. The molecule has 0 radical (unpaired) electrons. The zero-order valence-electron chi connectivity index (χ0n) is 14.5. The summed E-state index contributed by atoms with van der Waals surface area (Å²) >= 11 is 0. The number of hydrogen-bond acceptors (Lipinski definition) is 5. The molecule has 9 heteroatoms. The van der Waals surface area contributed by atoms with Crippen molar-refractivity contribution in [3.63, 3.8) is 0 Å². The van der Waals surface area contributed by atoms with Gasteiger partial charge in [-0.15, -0.1) is 0 Å². The van der Waals surface area contributed by atoms with Crippen LogP contribution in [-0.4, -0.2) is 43.6 Å². The monoisotopic (exact) mass is 393 g/mol. The first-order valence-electron chi connectivity index (χ1n) is 8.51. The Kier molecular flexibility index (Phi) is 5.71. The van der Waals surface area contributed by atoms with Crippen molar-refractivity contribution in [3.8, 4) is 0 Å². The number of aromatic nitrogens is 1. The van der Waals surface area contributed by atoms with E-state index in [-0.39, 0.29) is 17.4 Å². The predicted octanol–water partition coefficient (Wildman–Crippen LogP) is 2.01. The minimum Gasteiger partial charge on any atom is -0.478 e. The van der Waals surface area contributed by atoms with Gasteiger partial charge in [-0.3, -0.25) is 0 Å². The number of benzene rings is 1. The first-order valence-corrected chi connectivity index (χ1v) is 10.2. The van der Waals surface area contributed by atoms with Gasteiger partial charge in [-0.1, -0.05) is 12.1 Å². The van der Waals surface area contributed by atoms with E-state index in [1.54, 1.807) is 6.07 Å². The highest BCUT2D eigenvalue weighted by atomic mass is 32.2. The number of anilines is 1. The second-order valence-electron chi connectivity index (χ2n) is 6.47. The fourth-order valence-electron chi connectivity index (χ4n) is 3.02. The molecule has 1 aliphatic rings. The number of nitrogens with one attached hydrogen (secondary N) is 1. The van der Waals surface area contributed by atoms with Crippen molar-refractivity contribution in [2.45, 2.75) is 24.6 Å². The molecule has 1 fully saturated rings. The van der Waals surface area contributed by atoms with Crippen LogP contribution in [0.4, 0.5) is 10.2 Å². The van der Waals surface area contributed by atoms with Gasteiger partial charge in [-0.25, -0.2) is 27.3 Å². The summed E-state index contributed by atoms with van der Waals surface area (Å²) in [6, 6.07) is 8.39. The Labute approximate surface area is 156 Å². The van der Waals surface area contributed by atoms with E-state index in [1.165, 1.54) is 36.5 Å². The maximum atomic E-state index is 12.9. The molecule has 0 bridgehead atoms. The minimum absolute atomic E-state index is 0.127. The lowest BCUT2D eigenvalue weighted by molar-refractivity contribution is 0.0696. The summed E-state index contributed by atoms with van der Waals surface area (Å²) in [7, 11) is -3.52. The number of hydrogen-bond donors (Lipinski definition) is 2. The SMILES string of the molecule is O=C(O)c1ccc(N2CCC(NS(=O)(=O)Cc3ccc(F)cc3)CC2)nc1. The first-order chi connectivity index (χ1) is 12.8. The average molecular weight is 393 g/mol. The Hall–Kier alpha value is -2.52. The number of carboxylic acids is 1. The van der Waals surface area contributed by atoms with Gasteiger partial charge in [0.15, 0.2) is 0 Å². The molecular formula is C18H20FN3O4S. The number of aromatic carboxylic acids is 1. The number of carboxylic acid groups (broad SMARTS) is 1. The summed E-state index contributed by atoms with van der Waals surface area (Å²) in [6.45, 7) is 1.23. The number of carbonyl (C=O) groups is 1. The van der Waals surface area contributed by atoms with Crippen molar-refractivity contribution < 1.29 is 22.7 Å². The molecule has 0 unspecified atom stereocenters. The van der Waals surface area contributed by atoms with Crippen LogP contribution in [0.2, 0.25) is 0 Å². The average Bonchev–Trinajstić information content (AvgIpc) is 2.64. The second-order valence-corrected chi connectivity index (χ2v) is 8.23. The van der Waals surface area contributed by atoms with E-state index in [0.29, 0.717) is 37.3 Å². The fraction of sp³-hybridized carbons (Fsp3) is 0.333. The molecule has 2 aromatic rings. The Balaban J connectivity index is 1.54. The molecule has 0 amide bonds. The van der Waals surface area contributed by atoms with Crippen LogP contribution in [0.3, 0.4) is 0 Å². The molecule has 7 nitrogen and oxygen atoms in total. The van der Waals surface area contributed by atoms with Crippen LogP contribution in [0.1, 0.15) is 28.8 Å². The van der Waals surface area contributed by atoms with E-state index in [4.69, 9.17) is 5.11 Å². The van der Waals surface area contributed by atoms with Crippen LogP contribution < -0.4 is 9.62 Å². The molecule has 1 aromatic carbocycles. The Bertz CT molecular complexity index is 893. The van der Waals surface area contributed by atoms with E-state index in [9.17, 15) is 17.6 Å². The number of piperidine rings is 1. The molecule has 27 heavy (non-hydrogen) atoms. The molecule has 1 aliphatic heterocycles. The quantitative estimate of drug-likeness (QED) is 0.779. The van der Waals surface area contributed by atoms with Gasteiger partial charge in [0, 0.05) is 25.3 Å². The van der Waals surface area contributed by atoms with Gasteiger partial charge in [-0.2, -0.15) is 0 Å². The highest BCUT2D eigenvalue weighted by molar-refractivity contribution is 7.88. The molecule has 2 heterocycles. The summed E-state index contributed by atoms with van der Waals surface area (Å²) < 4.78 is 40.3. The molecule has 0 saturated carbocycles. The summed E-state index contributed by atoms with van der Waals surface area (Å²) in [4.78, 5) is 17.0. The maximum Gasteiger partial charge on any atom is 0.337 e. The maximum absolute atomic E-state index is 12.9. The van der Waals surface area contributed by atoms with E-state index < -0.39 is 21.8 Å². The summed E-state index contributed by atoms with van der Waals surface area (Å²) in [5, 5.41) is 8.91. The number of pyridine rings is 1. The third kappa shape index (κ3) is 5.24. The Morgan fingerprint density at radius 2 is 1.85 bits per heavy atom. The van der Waals surface area contributed by atoms with E-state index in [2.05, 4.69) is 9.71 Å². The summed E-state index contributed by atoms with van der Waals surface area (Å²) in [6.07, 6.45) is 2.55. The van der Waals surface area contributed by atoms with E-state index in [0.717, 1.165) is 0 Å². The van der Waals surface area contributed by atoms with Gasteiger partial charge in [-0.05, 0) is 42.7 Å². The number of halogens is 1. The van der Waals surface area contributed by atoms with Crippen LogP contribution >= 0.6 is 0 Å². The van der Waals surface area contributed by atoms with Crippen molar-refractivity contribution in [2.24, 2.45) is 0 Å². The van der Waals surface area contributed by atoms with Gasteiger partial charge in [0.2, 0.25) is 10.0 Å². The van der Waals surface area contributed by atoms with Crippen LogP contribution in [0, 0.1) is 5.82 Å². The molecule has 1 aromatic heterocycles. The molecule has 2 N–H and O–H groups in total. The van der Waals surface area contributed by atoms with Gasteiger partial charge in [0.1, 0.15) is 11.6 Å². The minimum atomic E-state index is -3.52. The van der Waals surface area contributed by atoms with Gasteiger partial charge in [0.25, 0.3) is 0 Å². The molecular weight excluding hydrogens is 373 g/mol. The molecule has 144 valence electrons. The number of rotatable bonds is 6. The van der Waals surface area contributed by atoms with Crippen LogP contribution in [0.25, 0.3) is 0 Å². The topological polar surface area (TPSA) is 99.6 Å². The third-order valence-corrected chi connectivity index (χ3v) is 5.84. The van der Waals surface area contributed by atoms with Crippen LogP contribution in [0.15, 0.2) is 42.6 Å². The lowest BCUT2D eigenvalue weighted by atomic mass is 10.1. The third-order valence-electron chi connectivity index (χ3n) is 4.43. The largest absolute Gasteiger partial charge is 0.478 e. The highest BCUT2D eigenvalue weighted by Gasteiger charge is 2.24. The summed E-state index contributed by atoms with van der Waals surface area (Å²) in [5.74, 6) is -0.941. The van der Waals surface area contributed by atoms with Crippen molar-refractivity contribution >= 4 is 21.8 Å². The standard InChI is InChI=1S/C18H20FN3O4S/c19-15-4-1-13(2-5-15)12-27(25,26)21-16-7-9-22(10-8-16)17-6-3-14(11-20-17)18(23)24/h1-6,11,16,21H,7-10,12H2,(H,23,24). The van der Waals surface area contributed by atoms with Crippen molar-refractivity contribution in [3.05, 3.63) is 59.5 Å². The lowest BCUT2D eigenvalue weighted by Crippen LogP contribution is -2.45. The highest BCUT2D eigenvalue weighted by Crippen LogP contribution is 2.19. The van der Waals surface area contributed by atoms with Crippen LogP contribution in [-0.2, 0) is 15.8 Å². The fourth-order valence-corrected chi connectivity index (χ4v) is 4.48. The van der Waals surface area contributed by atoms with Crippen molar-refractivity contribution in [1.29, 1.82) is 0 Å². The molecule has 3 rings (SSSR count). The summed E-state index contributed by atoms with van der Waals surface area (Å²) in [5.41, 5.74) is 0.659. The zero-order chi connectivity index (χ0) is 19.4. The van der Waals surface area contributed by atoms with Gasteiger partial charge < -0.3 is 10.0 Å². The Morgan fingerprint density at radius 1 is 1.19 bits per heavy atom. The molecule has 0 spiro atoms. The lowest BCUT2D eigenvalue weighted by Gasteiger charge is -2.33. The van der Waals surface area contributed by atoms with Gasteiger partial charge >= 0.3 is 5.97 Å². The first kappa shape index (κ1) is 19.2. The number of nitrogens with zero attached hydrogens (tertiary/aromatic N) is 2. The molecule has 0 atom stereocenters. The number of sulfonamides is 1. The van der Waals surface area contributed by atoms with Crippen molar-refractivity contribution in [2.75, 3.05) is 18.0 Å². The Morgan fingerprint density at radius 3 is 2.41 bits per heavy atom. The van der Waals surface area contributed by atoms with Crippen LogP contribution in [0.5, 0.6) is 0 Å². The normalized spacial score (nSPS) is 15.7. The van der Waals surface area contributed by atoms with Crippen molar-refractivity contribution in [1.82, 2.24) is 9.71 Å².